The number of carbonyl (C=O) groups is 1. The molecule has 2 aromatic heterocycles. The molecule has 3 rings (SSSR count). The molecule has 20 heavy (non-hydrogen) atoms. The highest BCUT2D eigenvalue weighted by Gasteiger charge is 2.26. The van der Waals surface area contributed by atoms with Crippen LogP contribution in [0.25, 0.3) is 10.2 Å². The lowest BCUT2D eigenvalue weighted by Gasteiger charge is -2.25. The van der Waals surface area contributed by atoms with Crippen molar-refractivity contribution in [3.63, 3.8) is 0 Å². The second kappa shape index (κ2) is 5.22. The molecule has 1 amide bonds. The molecule has 0 atom stereocenters. The van der Waals surface area contributed by atoms with Crippen molar-refractivity contribution in [2.24, 2.45) is 0 Å². The van der Waals surface area contributed by atoms with Crippen molar-refractivity contribution in [3.05, 3.63) is 28.7 Å². The van der Waals surface area contributed by atoms with E-state index in [0.29, 0.717) is 36.5 Å². The molecule has 1 aliphatic rings. The van der Waals surface area contributed by atoms with Crippen LogP contribution in [0.15, 0.2) is 23.1 Å². The van der Waals surface area contributed by atoms with Gasteiger partial charge in [0.05, 0.1) is 13.2 Å². The van der Waals surface area contributed by atoms with E-state index < -0.39 is 0 Å². The van der Waals surface area contributed by atoms with E-state index in [1.165, 1.54) is 15.8 Å². The topological polar surface area (TPSA) is 64.7 Å². The molecule has 3 heterocycles. The van der Waals surface area contributed by atoms with Crippen LogP contribution in [-0.2, 0) is 4.74 Å². The van der Waals surface area contributed by atoms with Gasteiger partial charge in [-0.25, -0.2) is 4.79 Å². The van der Waals surface area contributed by atoms with Crippen LogP contribution in [0.1, 0.15) is 0 Å². The quantitative estimate of drug-likeness (QED) is 0.678. The molecular weight excluding hydrogens is 282 g/mol. The Hall–Kier alpha value is -1.93. The van der Waals surface area contributed by atoms with Crippen LogP contribution in [0.2, 0.25) is 0 Å². The van der Waals surface area contributed by atoms with Gasteiger partial charge in [0.15, 0.2) is 0 Å². The molecule has 0 radical (unpaired) electrons. The number of hydrogen-bond donors (Lipinski definition) is 0. The number of ether oxygens (including phenoxy) is 1. The second-order valence-electron chi connectivity index (χ2n) is 4.31. The Balaban J connectivity index is 2.05. The Morgan fingerprint density at radius 3 is 2.90 bits per heavy atom. The Labute approximate surface area is 118 Å². The summed E-state index contributed by atoms with van der Waals surface area (Å²) in [4.78, 5) is 32.1. The van der Waals surface area contributed by atoms with Crippen molar-refractivity contribution >= 4 is 27.8 Å². The molecule has 106 valence electrons. The van der Waals surface area contributed by atoms with E-state index >= 15 is 0 Å². The molecule has 0 N–H and O–H groups in total. The highest BCUT2D eigenvalue weighted by Crippen LogP contribution is 2.13. The summed E-state index contributed by atoms with van der Waals surface area (Å²) in [6, 6.07) is 3.10. The maximum atomic E-state index is 12.4. The van der Waals surface area contributed by atoms with Crippen LogP contribution in [0.3, 0.4) is 0 Å². The molecule has 0 aliphatic carbocycles. The standard InChI is InChI=1S/C12H14N3O4S/c1-18-14-4-2-3-9-10(16)15(20-11(9)14)12(17)13-5-7-19-8-6-13/h2-4H,5-8H2,1H3/q+1. The molecule has 2 aromatic rings. The van der Waals surface area contributed by atoms with E-state index in [0.717, 1.165) is 11.5 Å². The second-order valence-corrected chi connectivity index (χ2v) is 5.24. The summed E-state index contributed by atoms with van der Waals surface area (Å²) in [5, 5.41) is 0.473. The minimum atomic E-state index is -0.312. The molecule has 0 bridgehead atoms. The SMILES string of the molecule is CO[n+]1cccc2c(=O)n(C(=O)N3CCOCC3)sc21. The lowest BCUT2D eigenvalue weighted by atomic mass is 10.4. The summed E-state index contributed by atoms with van der Waals surface area (Å²) in [7, 11) is 1.51. The number of pyridine rings is 1. The fourth-order valence-corrected chi connectivity index (χ4v) is 3.13. The molecule has 1 saturated heterocycles. The summed E-state index contributed by atoms with van der Waals surface area (Å²) in [5.41, 5.74) is -0.312. The number of morpholine rings is 1. The maximum absolute atomic E-state index is 12.4. The zero-order valence-corrected chi connectivity index (χ0v) is 11.8. The molecule has 0 saturated carbocycles. The van der Waals surface area contributed by atoms with Crippen LogP contribution in [0.5, 0.6) is 0 Å². The van der Waals surface area contributed by atoms with Gasteiger partial charge in [0, 0.05) is 35.4 Å². The first-order chi connectivity index (χ1) is 9.72. The van der Waals surface area contributed by atoms with Crippen LogP contribution in [-0.4, -0.2) is 48.3 Å². The van der Waals surface area contributed by atoms with Gasteiger partial charge in [0.2, 0.25) is 6.20 Å². The van der Waals surface area contributed by atoms with Gasteiger partial charge in [0.25, 0.3) is 5.56 Å². The molecule has 8 heteroatoms. The first-order valence-corrected chi connectivity index (χ1v) is 6.98. The van der Waals surface area contributed by atoms with E-state index in [9.17, 15) is 9.59 Å². The van der Waals surface area contributed by atoms with E-state index in [-0.39, 0.29) is 11.6 Å². The fraction of sp³-hybridized carbons (Fsp3) is 0.417. The normalized spacial score (nSPS) is 15.6. The number of hydrogen-bond acceptors (Lipinski definition) is 5. The molecule has 0 unspecified atom stereocenters. The van der Waals surface area contributed by atoms with E-state index in [4.69, 9.17) is 9.57 Å². The highest BCUT2D eigenvalue weighted by molar-refractivity contribution is 7.13. The van der Waals surface area contributed by atoms with Gasteiger partial charge in [-0.3, -0.25) is 9.63 Å². The maximum Gasteiger partial charge on any atom is 0.341 e. The van der Waals surface area contributed by atoms with Gasteiger partial charge in [0.1, 0.15) is 12.5 Å². The summed E-state index contributed by atoms with van der Waals surface area (Å²) in [6.07, 6.45) is 1.70. The molecule has 1 fully saturated rings. The van der Waals surface area contributed by atoms with Gasteiger partial charge in [-0.15, -0.1) is 0 Å². The third-order valence-electron chi connectivity index (χ3n) is 3.16. The van der Waals surface area contributed by atoms with E-state index in [2.05, 4.69) is 0 Å². The van der Waals surface area contributed by atoms with Crippen LogP contribution < -0.4 is 15.1 Å². The number of carbonyl (C=O) groups excluding carboxylic acids is 1. The van der Waals surface area contributed by atoms with E-state index in [1.807, 2.05) is 0 Å². The van der Waals surface area contributed by atoms with Gasteiger partial charge in [-0.05, 0) is 6.07 Å². The summed E-state index contributed by atoms with van der Waals surface area (Å²) < 4.78 is 7.86. The van der Waals surface area contributed by atoms with Crippen molar-refractivity contribution in [2.75, 3.05) is 33.4 Å². The third-order valence-corrected chi connectivity index (χ3v) is 4.24. The van der Waals surface area contributed by atoms with Gasteiger partial charge in [-0.2, -0.15) is 3.96 Å². The average Bonchev–Trinajstić information content (AvgIpc) is 2.85. The smallest absolute Gasteiger partial charge is 0.341 e. The third kappa shape index (κ3) is 2.06. The summed E-state index contributed by atoms with van der Waals surface area (Å²) >= 11 is 1.09. The molecule has 0 spiro atoms. The molecule has 0 aromatic carbocycles. The largest absolute Gasteiger partial charge is 0.378 e. The lowest BCUT2D eigenvalue weighted by molar-refractivity contribution is -0.863. The van der Waals surface area contributed by atoms with Gasteiger partial charge >= 0.3 is 10.9 Å². The Morgan fingerprint density at radius 2 is 2.20 bits per heavy atom. The van der Waals surface area contributed by atoms with Crippen LogP contribution >= 0.6 is 11.5 Å². The van der Waals surface area contributed by atoms with Crippen LogP contribution in [0, 0.1) is 0 Å². The average molecular weight is 296 g/mol. The molecule has 1 aliphatic heterocycles. The zero-order valence-electron chi connectivity index (χ0n) is 10.9. The van der Waals surface area contributed by atoms with E-state index in [1.54, 1.807) is 23.2 Å². The van der Waals surface area contributed by atoms with Crippen molar-refractivity contribution in [2.45, 2.75) is 0 Å². The molecular formula is C12H14N3O4S+. The minimum Gasteiger partial charge on any atom is -0.378 e. The predicted octanol–water partition coefficient (Wildman–Crippen LogP) is -0.291. The zero-order chi connectivity index (χ0) is 14.1. The van der Waals surface area contributed by atoms with Gasteiger partial charge < -0.3 is 9.64 Å². The highest BCUT2D eigenvalue weighted by atomic mass is 32.1. The first-order valence-electron chi connectivity index (χ1n) is 6.20. The Kier molecular flexibility index (Phi) is 3.41. The lowest BCUT2D eigenvalue weighted by Crippen LogP contribution is -2.44. The van der Waals surface area contributed by atoms with Gasteiger partial charge in [-0.1, -0.05) is 0 Å². The summed E-state index contributed by atoms with van der Waals surface area (Å²) in [6.45, 7) is 2.01. The van der Waals surface area contributed by atoms with Crippen molar-refractivity contribution in [3.8, 4) is 0 Å². The number of fused-ring (bicyclic) bond motifs is 1. The van der Waals surface area contributed by atoms with Crippen molar-refractivity contribution in [1.82, 2.24) is 8.86 Å². The summed E-state index contributed by atoms with van der Waals surface area (Å²) in [5.74, 6) is 0. The number of aromatic nitrogens is 2. The van der Waals surface area contributed by atoms with Crippen LogP contribution in [0.4, 0.5) is 4.79 Å². The Morgan fingerprint density at radius 1 is 1.45 bits per heavy atom. The first kappa shape index (κ1) is 13.1. The number of amides is 1. The Bertz CT molecular complexity index is 702. The monoisotopic (exact) mass is 296 g/mol. The molecule has 7 nitrogen and oxygen atoms in total. The van der Waals surface area contributed by atoms with Crippen molar-refractivity contribution < 1.29 is 19.1 Å². The minimum absolute atomic E-state index is 0.304. The number of nitrogens with zero attached hydrogens (tertiary/aromatic N) is 3. The van der Waals surface area contributed by atoms with Crippen molar-refractivity contribution in [1.29, 1.82) is 0 Å². The fourth-order valence-electron chi connectivity index (χ4n) is 2.12. The predicted molar refractivity (Wildman–Crippen MR) is 72.0 cm³/mol. The number of rotatable bonds is 1.